The molecule has 0 heterocycles. The second kappa shape index (κ2) is 5.92. The minimum atomic E-state index is -0.661. The van der Waals surface area contributed by atoms with E-state index in [-0.39, 0.29) is 5.91 Å². The van der Waals surface area contributed by atoms with E-state index < -0.39 is 12.2 Å². The summed E-state index contributed by atoms with van der Waals surface area (Å²) in [5, 5.41) is 14.3. The molecule has 2 rings (SSSR count). The van der Waals surface area contributed by atoms with Crippen molar-refractivity contribution in [1.82, 2.24) is 5.32 Å². The molecule has 2 atom stereocenters. The topological polar surface area (TPSA) is 58.6 Å². The number of fused-ring (bicyclic) bond motifs is 1. The summed E-state index contributed by atoms with van der Waals surface area (Å²) in [6.07, 6.45) is -1.28. The van der Waals surface area contributed by atoms with Gasteiger partial charge in [-0.3, -0.25) is 4.79 Å². The highest BCUT2D eigenvalue weighted by Gasteiger charge is 2.18. The van der Waals surface area contributed by atoms with Gasteiger partial charge in [-0.2, -0.15) is 0 Å². The zero-order chi connectivity index (χ0) is 14.7. The zero-order valence-corrected chi connectivity index (χ0v) is 11.9. The Hall–Kier alpha value is -2.07. The predicted octanol–water partition coefficient (Wildman–Crippen LogP) is 2.41. The molecule has 0 radical (unpaired) electrons. The van der Waals surface area contributed by atoms with Crippen LogP contribution < -0.4 is 10.1 Å². The third-order valence-electron chi connectivity index (χ3n) is 3.27. The molecule has 106 valence electrons. The molecule has 4 heteroatoms. The van der Waals surface area contributed by atoms with Gasteiger partial charge in [0.05, 0.1) is 6.10 Å². The van der Waals surface area contributed by atoms with Gasteiger partial charge in [0.1, 0.15) is 5.75 Å². The number of carbonyl (C=O) groups excluding carboxylic acids is 1. The molecule has 0 aliphatic carbocycles. The normalized spacial score (nSPS) is 13.8. The number of amides is 1. The number of nitrogens with one attached hydrogen (secondary N) is 1. The average Bonchev–Trinajstić information content (AvgIpc) is 2.46. The third-order valence-corrected chi connectivity index (χ3v) is 3.27. The van der Waals surface area contributed by atoms with Crippen LogP contribution in [0.4, 0.5) is 0 Å². The highest BCUT2D eigenvalue weighted by molar-refractivity contribution is 5.90. The van der Waals surface area contributed by atoms with Gasteiger partial charge in [-0.1, -0.05) is 36.4 Å². The first-order valence-corrected chi connectivity index (χ1v) is 6.62. The van der Waals surface area contributed by atoms with Gasteiger partial charge in [0.2, 0.25) is 0 Å². The van der Waals surface area contributed by atoms with Crippen LogP contribution in [0.25, 0.3) is 10.8 Å². The molecule has 0 saturated carbocycles. The second-order valence-electron chi connectivity index (χ2n) is 4.76. The quantitative estimate of drug-likeness (QED) is 0.899. The summed E-state index contributed by atoms with van der Waals surface area (Å²) in [6, 6.07) is 11.5. The number of hydrogen-bond acceptors (Lipinski definition) is 3. The monoisotopic (exact) mass is 273 g/mol. The molecule has 0 bridgehead atoms. The molecule has 0 saturated heterocycles. The first-order chi connectivity index (χ1) is 9.54. The Kier molecular flexibility index (Phi) is 4.25. The summed E-state index contributed by atoms with van der Waals surface area (Å²) in [5.41, 5.74) is 0.680. The van der Waals surface area contributed by atoms with Crippen LogP contribution in [0.15, 0.2) is 36.4 Å². The van der Waals surface area contributed by atoms with Crippen LogP contribution in [0.5, 0.6) is 5.75 Å². The Morgan fingerprint density at radius 2 is 1.90 bits per heavy atom. The van der Waals surface area contributed by atoms with E-state index in [0.29, 0.717) is 11.3 Å². The molecule has 4 nitrogen and oxygen atoms in total. The van der Waals surface area contributed by atoms with Gasteiger partial charge >= 0.3 is 0 Å². The van der Waals surface area contributed by atoms with Gasteiger partial charge in [0.15, 0.2) is 6.10 Å². The molecule has 1 amide bonds. The van der Waals surface area contributed by atoms with E-state index in [2.05, 4.69) is 5.32 Å². The fourth-order valence-electron chi connectivity index (χ4n) is 2.15. The first kappa shape index (κ1) is 14.3. The molecule has 0 aliphatic rings. The van der Waals surface area contributed by atoms with Crippen molar-refractivity contribution in [1.29, 1.82) is 0 Å². The number of ether oxygens (including phenoxy) is 1. The molecule has 2 N–H and O–H groups in total. The molecule has 0 aliphatic heterocycles. The highest BCUT2D eigenvalue weighted by Crippen LogP contribution is 2.34. The fourth-order valence-corrected chi connectivity index (χ4v) is 2.15. The second-order valence-corrected chi connectivity index (χ2v) is 4.76. The lowest BCUT2D eigenvalue weighted by Gasteiger charge is -2.19. The van der Waals surface area contributed by atoms with Crippen molar-refractivity contribution in [3.63, 3.8) is 0 Å². The minimum absolute atomic E-state index is 0.200. The largest absolute Gasteiger partial charge is 0.480 e. The van der Waals surface area contributed by atoms with E-state index in [1.54, 1.807) is 20.9 Å². The average molecular weight is 273 g/mol. The summed E-state index contributed by atoms with van der Waals surface area (Å²) in [6.45, 7) is 3.37. The van der Waals surface area contributed by atoms with Crippen LogP contribution in [-0.4, -0.2) is 24.2 Å². The smallest absolute Gasteiger partial charge is 0.260 e. The minimum Gasteiger partial charge on any atom is -0.480 e. The van der Waals surface area contributed by atoms with Crippen molar-refractivity contribution in [3.05, 3.63) is 42.0 Å². The van der Waals surface area contributed by atoms with E-state index in [4.69, 9.17) is 4.74 Å². The molecule has 20 heavy (non-hydrogen) atoms. The summed E-state index contributed by atoms with van der Waals surface area (Å²) in [5.74, 6) is 0.365. The Labute approximate surface area is 118 Å². The van der Waals surface area contributed by atoms with Crippen molar-refractivity contribution in [2.75, 3.05) is 7.05 Å². The highest BCUT2D eigenvalue weighted by atomic mass is 16.5. The van der Waals surface area contributed by atoms with Gasteiger partial charge in [0, 0.05) is 18.0 Å². The number of aliphatic hydroxyl groups is 1. The Morgan fingerprint density at radius 3 is 2.55 bits per heavy atom. The third kappa shape index (κ3) is 2.75. The summed E-state index contributed by atoms with van der Waals surface area (Å²) in [4.78, 5) is 11.6. The summed E-state index contributed by atoms with van der Waals surface area (Å²) >= 11 is 0. The van der Waals surface area contributed by atoms with Gasteiger partial charge in [-0.25, -0.2) is 0 Å². The maximum absolute atomic E-state index is 11.6. The maximum atomic E-state index is 11.6. The van der Waals surface area contributed by atoms with Crippen LogP contribution in [0.3, 0.4) is 0 Å². The number of carbonyl (C=O) groups is 1. The van der Waals surface area contributed by atoms with Gasteiger partial charge < -0.3 is 15.2 Å². The summed E-state index contributed by atoms with van der Waals surface area (Å²) in [7, 11) is 1.57. The van der Waals surface area contributed by atoms with Gasteiger partial charge in [0.25, 0.3) is 5.91 Å². The van der Waals surface area contributed by atoms with E-state index in [1.807, 2.05) is 36.4 Å². The number of likely N-dealkylation sites (N-methyl/N-ethyl adjacent to an activating group) is 1. The molecule has 0 aromatic heterocycles. The van der Waals surface area contributed by atoms with Crippen LogP contribution in [0, 0.1) is 0 Å². The van der Waals surface area contributed by atoms with E-state index in [9.17, 15) is 9.90 Å². The predicted molar refractivity (Wildman–Crippen MR) is 78.7 cm³/mol. The molecule has 2 unspecified atom stereocenters. The lowest BCUT2D eigenvalue weighted by molar-refractivity contribution is -0.126. The lowest BCUT2D eigenvalue weighted by Crippen LogP contribution is -2.34. The number of hydrogen-bond donors (Lipinski definition) is 2. The van der Waals surface area contributed by atoms with E-state index in [0.717, 1.165) is 10.8 Å². The van der Waals surface area contributed by atoms with Gasteiger partial charge in [-0.05, 0) is 19.2 Å². The number of rotatable bonds is 4. The van der Waals surface area contributed by atoms with Crippen LogP contribution in [-0.2, 0) is 4.79 Å². The molecule has 2 aromatic carbocycles. The standard InChI is InChI=1S/C16H19NO3/c1-10(18)13-9-8-12-6-4-5-7-14(12)15(13)20-11(2)16(19)17-3/h4-11,18H,1-3H3,(H,17,19). The molecule has 2 aromatic rings. The Balaban J connectivity index is 2.52. The molecule has 0 fully saturated rings. The van der Waals surface area contributed by atoms with E-state index >= 15 is 0 Å². The van der Waals surface area contributed by atoms with E-state index in [1.165, 1.54) is 0 Å². The van der Waals surface area contributed by atoms with Crippen molar-refractivity contribution in [2.24, 2.45) is 0 Å². The van der Waals surface area contributed by atoms with Crippen molar-refractivity contribution >= 4 is 16.7 Å². The molecule has 0 spiro atoms. The molecular formula is C16H19NO3. The van der Waals surface area contributed by atoms with Crippen molar-refractivity contribution < 1.29 is 14.6 Å². The molecular weight excluding hydrogens is 254 g/mol. The van der Waals surface area contributed by atoms with Crippen LogP contribution >= 0.6 is 0 Å². The zero-order valence-electron chi connectivity index (χ0n) is 11.9. The fraction of sp³-hybridized carbons (Fsp3) is 0.312. The number of benzene rings is 2. The maximum Gasteiger partial charge on any atom is 0.260 e. The SMILES string of the molecule is CNC(=O)C(C)Oc1c(C(C)O)ccc2ccccc12. The number of aliphatic hydroxyl groups excluding tert-OH is 1. The Bertz CT molecular complexity index is 622. The van der Waals surface area contributed by atoms with Crippen molar-refractivity contribution in [2.45, 2.75) is 26.1 Å². The van der Waals surface area contributed by atoms with Crippen LogP contribution in [0.1, 0.15) is 25.5 Å². The van der Waals surface area contributed by atoms with Crippen molar-refractivity contribution in [3.8, 4) is 5.75 Å². The lowest BCUT2D eigenvalue weighted by atomic mass is 10.0. The first-order valence-electron chi connectivity index (χ1n) is 6.62. The Morgan fingerprint density at radius 1 is 1.20 bits per heavy atom. The summed E-state index contributed by atoms with van der Waals surface area (Å²) < 4.78 is 5.80. The van der Waals surface area contributed by atoms with Gasteiger partial charge in [-0.15, -0.1) is 0 Å². The van der Waals surface area contributed by atoms with Crippen LogP contribution in [0.2, 0.25) is 0 Å².